The zero-order valence-corrected chi connectivity index (χ0v) is 12.0. The van der Waals surface area contributed by atoms with Crippen LogP contribution in [0.5, 0.6) is 5.88 Å². The van der Waals surface area contributed by atoms with Gasteiger partial charge in [0.2, 0.25) is 5.88 Å². The fourth-order valence-electron chi connectivity index (χ4n) is 1.34. The molecule has 0 saturated heterocycles. The molecule has 0 aliphatic carbocycles. The van der Waals surface area contributed by atoms with Crippen LogP contribution < -0.4 is 10.5 Å². The fourth-order valence-corrected chi connectivity index (χ4v) is 1.34. The SMILES string of the molecule is COCCOCCOCCOc1ccc(/C(N)=N/O)cn1. The summed E-state index contributed by atoms with van der Waals surface area (Å²) in [6, 6.07) is 3.29. The number of amidine groups is 1. The summed E-state index contributed by atoms with van der Waals surface area (Å²) in [4.78, 5) is 4.03. The van der Waals surface area contributed by atoms with Gasteiger partial charge in [-0.2, -0.15) is 0 Å². The molecule has 0 aromatic carbocycles. The molecule has 8 heteroatoms. The van der Waals surface area contributed by atoms with Crippen molar-refractivity contribution in [2.45, 2.75) is 0 Å². The first-order valence-electron chi connectivity index (χ1n) is 6.49. The Hall–Kier alpha value is -1.90. The molecule has 0 aliphatic heterocycles. The zero-order chi connectivity index (χ0) is 15.3. The third kappa shape index (κ3) is 7.45. The highest BCUT2D eigenvalue weighted by Crippen LogP contribution is 2.07. The Balaban J connectivity index is 2.08. The van der Waals surface area contributed by atoms with E-state index in [9.17, 15) is 0 Å². The van der Waals surface area contributed by atoms with Crippen molar-refractivity contribution >= 4 is 5.84 Å². The number of pyridine rings is 1. The van der Waals surface area contributed by atoms with Gasteiger partial charge in [0.1, 0.15) is 6.61 Å². The van der Waals surface area contributed by atoms with Gasteiger partial charge in [-0.15, -0.1) is 0 Å². The second-order valence-electron chi connectivity index (χ2n) is 3.94. The number of nitrogens with zero attached hydrogens (tertiary/aromatic N) is 2. The summed E-state index contributed by atoms with van der Waals surface area (Å²) in [5, 5.41) is 11.4. The van der Waals surface area contributed by atoms with E-state index in [0.29, 0.717) is 51.1 Å². The normalized spacial score (nSPS) is 11.6. The minimum absolute atomic E-state index is 0.00542. The van der Waals surface area contributed by atoms with Crippen molar-refractivity contribution in [1.82, 2.24) is 4.98 Å². The number of oxime groups is 1. The first-order valence-corrected chi connectivity index (χ1v) is 6.49. The third-order valence-corrected chi connectivity index (χ3v) is 2.42. The first kappa shape index (κ1) is 17.2. The molecule has 0 atom stereocenters. The molecule has 0 saturated carbocycles. The van der Waals surface area contributed by atoms with Gasteiger partial charge < -0.3 is 29.9 Å². The molecule has 0 fully saturated rings. The molecule has 118 valence electrons. The van der Waals surface area contributed by atoms with Crippen molar-refractivity contribution in [3.8, 4) is 5.88 Å². The van der Waals surface area contributed by atoms with Crippen molar-refractivity contribution in [2.24, 2.45) is 10.9 Å². The van der Waals surface area contributed by atoms with Crippen LogP contribution in [0.2, 0.25) is 0 Å². The molecular formula is C13H21N3O5. The van der Waals surface area contributed by atoms with Gasteiger partial charge in [-0.05, 0) is 6.07 Å². The average Bonchev–Trinajstić information content (AvgIpc) is 2.53. The predicted molar refractivity (Wildman–Crippen MR) is 75.8 cm³/mol. The van der Waals surface area contributed by atoms with Crippen molar-refractivity contribution in [1.29, 1.82) is 0 Å². The highest BCUT2D eigenvalue weighted by atomic mass is 16.6. The van der Waals surface area contributed by atoms with Crippen LogP contribution in [0.4, 0.5) is 0 Å². The van der Waals surface area contributed by atoms with Crippen LogP contribution in [0.15, 0.2) is 23.5 Å². The van der Waals surface area contributed by atoms with E-state index in [1.807, 2.05) is 0 Å². The minimum Gasteiger partial charge on any atom is -0.475 e. The highest BCUT2D eigenvalue weighted by molar-refractivity contribution is 5.96. The molecular weight excluding hydrogens is 278 g/mol. The van der Waals surface area contributed by atoms with Gasteiger partial charge in [0.25, 0.3) is 0 Å². The summed E-state index contributed by atoms with van der Waals surface area (Å²) in [7, 11) is 1.63. The first-order chi connectivity index (χ1) is 10.3. The van der Waals surface area contributed by atoms with Gasteiger partial charge in [-0.25, -0.2) is 4.98 Å². The Kier molecular flexibility index (Phi) is 8.85. The van der Waals surface area contributed by atoms with Gasteiger partial charge in [0.15, 0.2) is 5.84 Å². The van der Waals surface area contributed by atoms with Gasteiger partial charge in [0, 0.05) is 24.9 Å². The Bertz CT molecular complexity index is 411. The summed E-state index contributed by atoms with van der Waals surface area (Å²) in [5.74, 6) is 0.454. The van der Waals surface area contributed by atoms with Gasteiger partial charge in [0.05, 0.1) is 33.0 Å². The zero-order valence-electron chi connectivity index (χ0n) is 12.0. The van der Waals surface area contributed by atoms with E-state index in [4.69, 9.17) is 29.9 Å². The topological polar surface area (TPSA) is 108 Å². The number of nitrogens with two attached hydrogens (primary N) is 1. The van der Waals surface area contributed by atoms with Crippen molar-refractivity contribution in [3.05, 3.63) is 23.9 Å². The van der Waals surface area contributed by atoms with Gasteiger partial charge >= 0.3 is 0 Å². The molecule has 8 nitrogen and oxygen atoms in total. The lowest BCUT2D eigenvalue weighted by atomic mass is 10.3. The molecule has 1 aromatic heterocycles. The Morgan fingerprint density at radius 3 is 2.38 bits per heavy atom. The smallest absolute Gasteiger partial charge is 0.213 e. The molecule has 1 heterocycles. The lowest BCUT2D eigenvalue weighted by Crippen LogP contribution is -2.14. The molecule has 1 rings (SSSR count). The van der Waals surface area contributed by atoms with E-state index in [1.54, 1.807) is 19.2 Å². The summed E-state index contributed by atoms with van der Waals surface area (Å²) >= 11 is 0. The van der Waals surface area contributed by atoms with Crippen molar-refractivity contribution < 1.29 is 24.2 Å². The molecule has 0 spiro atoms. The molecule has 0 aliphatic rings. The molecule has 1 aromatic rings. The van der Waals surface area contributed by atoms with Crippen LogP contribution in [0.25, 0.3) is 0 Å². The number of rotatable bonds is 11. The summed E-state index contributed by atoms with van der Waals surface area (Å²) in [6.07, 6.45) is 1.47. The number of hydrogen-bond donors (Lipinski definition) is 2. The van der Waals surface area contributed by atoms with E-state index in [0.717, 1.165) is 0 Å². The maximum atomic E-state index is 8.52. The molecule has 0 unspecified atom stereocenters. The number of methoxy groups -OCH3 is 1. The van der Waals surface area contributed by atoms with Crippen molar-refractivity contribution in [2.75, 3.05) is 46.8 Å². The van der Waals surface area contributed by atoms with Crippen LogP contribution in [0, 0.1) is 0 Å². The Morgan fingerprint density at radius 2 is 1.81 bits per heavy atom. The van der Waals surface area contributed by atoms with Crippen LogP contribution in [0.1, 0.15) is 5.56 Å². The third-order valence-electron chi connectivity index (χ3n) is 2.42. The van der Waals surface area contributed by atoms with Crippen LogP contribution in [-0.2, 0) is 14.2 Å². The molecule has 3 N–H and O–H groups in total. The van der Waals surface area contributed by atoms with Gasteiger partial charge in [-0.3, -0.25) is 0 Å². The standard InChI is InChI=1S/C13H21N3O5/c1-18-4-5-19-6-7-20-8-9-21-12-3-2-11(10-15-12)13(14)16-17/h2-3,10,17H,4-9H2,1H3,(H2,14,16). The maximum Gasteiger partial charge on any atom is 0.213 e. The number of aromatic nitrogens is 1. The van der Waals surface area contributed by atoms with Crippen LogP contribution in [0.3, 0.4) is 0 Å². The molecule has 0 radical (unpaired) electrons. The second kappa shape index (κ2) is 10.8. The quantitative estimate of drug-likeness (QED) is 0.198. The lowest BCUT2D eigenvalue weighted by molar-refractivity contribution is 0.0176. The van der Waals surface area contributed by atoms with Gasteiger partial charge in [-0.1, -0.05) is 5.16 Å². The van der Waals surface area contributed by atoms with E-state index in [2.05, 4.69) is 10.1 Å². The molecule has 21 heavy (non-hydrogen) atoms. The molecule has 0 bridgehead atoms. The summed E-state index contributed by atoms with van der Waals surface area (Å²) < 4.78 is 20.8. The lowest BCUT2D eigenvalue weighted by Gasteiger charge is -2.07. The average molecular weight is 299 g/mol. The van der Waals surface area contributed by atoms with Crippen molar-refractivity contribution in [3.63, 3.8) is 0 Å². The summed E-state index contributed by atoms with van der Waals surface area (Å²) in [5.41, 5.74) is 5.94. The molecule has 0 amide bonds. The maximum absolute atomic E-state index is 8.52. The van der Waals surface area contributed by atoms with E-state index in [1.165, 1.54) is 6.20 Å². The fraction of sp³-hybridized carbons (Fsp3) is 0.538. The second-order valence-corrected chi connectivity index (χ2v) is 3.94. The van der Waals surface area contributed by atoms with Crippen LogP contribution >= 0.6 is 0 Å². The monoisotopic (exact) mass is 299 g/mol. The minimum atomic E-state index is 0.00542. The Labute approximate surface area is 123 Å². The van der Waals surface area contributed by atoms with E-state index >= 15 is 0 Å². The predicted octanol–water partition coefficient (Wildman–Crippen LogP) is 0.235. The summed E-state index contributed by atoms with van der Waals surface area (Å²) in [6.45, 7) is 2.99. The van der Waals surface area contributed by atoms with E-state index in [-0.39, 0.29) is 5.84 Å². The largest absolute Gasteiger partial charge is 0.475 e. The van der Waals surface area contributed by atoms with E-state index < -0.39 is 0 Å². The number of hydrogen-bond acceptors (Lipinski definition) is 7. The number of ether oxygens (including phenoxy) is 4. The highest BCUT2D eigenvalue weighted by Gasteiger charge is 2.01. The van der Waals surface area contributed by atoms with Crippen LogP contribution in [-0.4, -0.2) is 62.8 Å². The Morgan fingerprint density at radius 1 is 1.14 bits per heavy atom.